The monoisotopic (exact) mass is 460 g/mol. The van der Waals surface area contributed by atoms with Gasteiger partial charge in [0, 0.05) is 17.6 Å². The van der Waals surface area contributed by atoms with Crippen molar-refractivity contribution < 1.29 is 36.2 Å². The lowest BCUT2D eigenvalue weighted by molar-refractivity contribution is -0.142. The molecule has 0 radical (unpaired) electrons. The third-order valence-corrected chi connectivity index (χ3v) is 6.91. The van der Waals surface area contributed by atoms with E-state index < -0.39 is 23.5 Å². The van der Waals surface area contributed by atoms with Gasteiger partial charge in [-0.3, -0.25) is 30.5 Å². The van der Waals surface area contributed by atoms with Crippen LogP contribution in [0.3, 0.4) is 0 Å². The van der Waals surface area contributed by atoms with Gasteiger partial charge >= 0.3 is 0 Å². The number of hydrogen-bond acceptors (Lipinski definition) is 3. The van der Waals surface area contributed by atoms with Gasteiger partial charge in [0.1, 0.15) is 11.6 Å². The van der Waals surface area contributed by atoms with E-state index in [4.69, 9.17) is 11.1 Å². The molecule has 0 aliphatic carbocycles. The van der Waals surface area contributed by atoms with Crippen LogP contribution in [0.4, 0.5) is 8.78 Å². The van der Waals surface area contributed by atoms with Gasteiger partial charge in [0.05, 0.1) is 23.9 Å². The molecule has 2 amide bonds. The van der Waals surface area contributed by atoms with Crippen molar-refractivity contribution in [2.45, 2.75) is 31.5 Å². The molecular formula is C23H23ClF2N4O2. The predicted molar refractivity (Wildman–Crippen MR) is 108 cm³/mol. The molecule has 0 saturated carbocycles. The third kappa shape index (κ3) is 3.29. The van der Waals surface area contributed by atoms with Crippen LogP contribution in [0.25, 0.3) is 0 Å². The Morgan fingerprint density at radius 2 is 1.66 bits per heavy atom. The van der Waals surface area contributed by atoms with Gasteiger partial charge < -0.3 is 12.4 Å². The molecule has 3 aliphatic heterocycles. The molecular weight excluding hydrogens is 438 g/mol. The Kier molecular flexibility index (Phi) is 5.77. The molecule has 2 aromatic carbocycles. The van der Waals surface area contributed by atoms with E-state index >= 15 is 0 Å². The number of likely N-dealkylation sites (tertiary alicyclic amines) is 1. The highest BCUT2D eigenvalue weighted by molar-refractivity contribution is 6.06. The number of amidine groups is 1. The van der Waals surface area contributed by atoms with Gasteiger partial charge in [0.15, 0.2) is 0 Å². The summed E-state index contributed by atoms with van der Waals surface area (Å²) in [5.41, 5.74) is 7.00. The first-order chi connectivity index (χ1) is 14.9. The fourth-order valence-corrected chi connectivity index (χ4v) is 5.53. The van der Waals surface area contributed by atoms with Crippen LogP contribution in [0.1, 0.15) is 35.6 Å². The molecule has 3 heterocycles. The Bertz CT molecular complexity index is 1070. The van der Waals surface area contributed by atoms with E-state index in [-0.39, 0.29) is 54.2 Å². The van der Waals surface area contributed by atoms with E-state index in [1.165, 1.54) is 6.07 Å². The fraction of sp³-hybridized carbons (Fsp3) is 0.348. The summed E-state index contributed by atoms with van der Waals surface area (Å²) in [6.07, 6.45) is 1.76. The van der Waals surface area contributed by atoms with Crippen molar-refractivity contribution >= 4 is 17.6 Å². The van der Waals surface area contributed by atoms with Crippen LogP contribution < -0.4 is 23.5 Å². The Hall–Kier alpha value is -2.84. The Balaban J connectivity index is 0.00000245. The SMILES string of the molecule is NC(=[NH2+])c1ccc([C@H]2[C@H]3C(=O)N(Cc4c(F)cccc4F)C(=O)[C@H]3C3CCCN32)cc1.[Cl-]. The predicted octanol–water partition coefficient (Wildman–Crippen LogP) is -2.25. The van der Waals surface area contributed by atoms with Crippen LogP contribution in [0.15, 0.2) is 42.5 Å². The second-order valence-corrected chi connectivity index (χ2v) is 8.48. The number of carbonyl (C=O) groups excluding carboxylic acids is 2. The number of fused-ring (bicyclic) bond motifs is 3. The summed E-state index contributed by atoms with van der Waals surface area (Å²) in [6.45, 7) is 0.415. The molecule has 3 aliphatic rings. The minimum atomic E-state index is -0.761. The summed E-state index contributed by atoms with van der Waals surface area (Å²) in [7, 11) is 0. The maximum Gasteiger partial charge on any atom is 0.270 e. The van der Waals surface area contributed by atoms with Crippen molar-refractivity contribution in [2.24, 2.45) is 17.6 Å². The van der Waals surface area contributed by atoms with E-state index in [2.05, 4.69) is 4.90 Å². The summed E-state index contributed by atoms with van der Waals surface area (Å²) in [5.74, 6) is -3.09. The van der Waals surface area contributed by atoms with E-state index in [9.17, 15) is 18.4 Å². The number of hydrogen-bond donors (Lipinski definition) is 2. The van der Waals surface area contributed by atoms with Crippen molar-refractivity contribution in [1.82, 2.24) is 9.80 Å². The minimum Gasteiger partial charge on any atom is -1.00 e. The van der Waals surface area contributed by atoms with Crippen LogP contribution in [0.2, 0.25) is 0 Å². The standard InChI is InChI=1S/C23H22F2N4O2.ClH/c24-15-3-1-4-16(25)14(15)11-29-22(30)18-17-5-2-10-28(17)20(19(18)23(29)31)12-6-8-13(9-7-12)21(26)27;/h1,3-4,6-9,17-20H,2,5,10-11H2,(H3,26,27);1H/t17?,18-,19-,20-;/m0./s1. The van der Waals surface area contributed by atoms with Gasteiger partial charge in [-0.25, -0.2) is 8.78 Å². The van der Waals surface area contributed by atoms with Crippen LogP contribution in [-0.2, 0) is 16.1 Å². The Labute approximate surface area is 190 Å². The molecule has 4 atom stereocenters. The van der Waals surface area contributed by atoms with E-state index in [1.807, 2.05) is 12.1 Å². The van der Waals surface area contributed by atoms with Gasteiger partial charge in [0.25, 0.3) is 5.84 Å². The zero-order valence-corrected chi connectivity index (χ0v) is 17.9. The number of rotatable bonds is 4. The third-order valence-electron chi connectivity index (χ3n) is 6.91. The highest BCUT2D eigenvalue weighted by Gasteiger charge is 2.62. The molecule has 0 aromatic heterocycles. The van der Waals surface area contributed by atoms with Gasteiger partial charge in [-0.05, 0) is 49.2 Å². The number of amides is 2. The molecule has 3 fully saturated rings. The van der Waals surface area contributed by atoms with Crippen LogP contribution in [0.5, 0.6) is 0 Å². The molecule has 5 rings (SSSR count). The number of nitrogens with zero attached hydrogens (tertiary/aromatic N) is 2. The minimum absolute atomic E-state index is 0. The second kappa shape index (κ2) is 8.26. The maximum atomic E-state index is 14.2. The molecule has 0 spiro atoms. The Morgan fingerprint density at radius 1 is 1.03 bits per heavy atom. The normalized spacial score (nSPS) is 26.8. The Morgan fingerprint density at radius 3 is 2.28 bits per heavy atom. The highest BCUT2D eigenvalue weighted by Crippen LogP contribution is 2.53. The molecule has 9 heteroatoms. The molecule has 4 N–H and O–H groups in total. The average molecular weight is 461 g/mol. The van der Waals surface area contributed by atoms with Crippen molar-refractivity contribution in [3.8, 4) is 0 Å². The summed E-state index contributed by atoms with van der Waals surface area (Å²) >= 11 is 0. The zero-order valence-electron chi connectivity index (χ0n) is 17.2. The highest BCUT2D eigenvalue weighted by atomic mass is 35.5. The van der Waals surface area contributed by atoms with Gasteiger partial charge in [0.2, 0.25) is 11.8 Å². The topological polar surface area (TPSA) is 92.2 Å². The van der Waals surface area contributed by atoms with Crippen molar-refractivity contribution in [1.29, 1.82) is 0 Å². The smallest absolute Gasteiger partial charge is 0.270 e. The van der Waals surface area contributed by atoms with Crippen LogP contribution in [0, 0.1) is 23.5 Å². The van der Waals surface area contributed by atoms with Gasteiger partial charge in [-0.1, -0.05) is 18.2 Å². The van der Waals surface area contributed by atoms with E-state index in [1.54, 1.807) is 12.1 Å². The quantitative estimate of drug-likeness (QED) is 0.306. The number of benzene rings is 2. The lowest BCUT2D eigenvalue weighted by atomic mass is 9.85. The van der Waals surface area contributed by atoms with Crippen LogP contribution >= 0.6 is 0 Å². The number of halogens is 3. The van der Waals surface area contributed by atoms with E-state index in [0.29, 0.717) is 5.56 Å². The van der Waals surface area contributed by atoms with Crippen LogP contribution in [-0.4, -0.2) is 40.0 Å². The number of carbonyl (C=O) groups is 2. The molecule has 6 nitrogen and oxygen atoms in total. The van der Waals surface area contributed by atoms with Crippen molar-refractivity contribution in [2.75, 3.05) is 6.54 Å². The summed E-state index contributed by atoms with van der Waals surface area (Å²) in [4.78, 5) is 30.0. The fourth-order valence-electron chi connectivity index (χ4n) is 5.53. The second-order valence-electron chi connectivity index (χ2n) is 8.48. The first-order valence-corrected chi connectivity index (χ1v) is 10.4. The van der Waals surface area contributed by atoms with E-state index in [0.717, 1.165) is 42.0 Å². The maximum absolute atomic E-state index is 14.2. The molecule has 32 heavy (non-hydrogen) atoms. The summed E-state index contributed by atoms with van der Waals surface area (Å²) < 4.78 is 28.4. The van der Waals surface area contributed by atoms with Gasteiger partial charge in [-0.15, -0.1) is 0 Å². The zero-order chi connectivity index (χ0) is 21.9. The first kappa shape index (κ1) is 22.4. The van der Waals surface area contributed by atoms with Crippen molar-refractivity contribution in [3.63, 3.8) is 0 Å². The molecule has 0 bridgehead atoms. The average Bonchev–Trinajstić information content (AvgIpc) is 3.38. The summed E-state index contributed by atoms with van der Waals surface area (Å²) in [6, 6.07) is 10.6. The van der Waals surface area contributed by atoms with Gasteiger partial charge in [-0.2, -0.15) is 0 Å². The molecule has 1 unspecified atom stereocenters. The number of imide groups is 1. The lowest BCUT2D eigenvalue weighted by Gasteiger charge is -2.29. The number of nitrogens with two attached hydrogens (primary N) is 2. The molecule has 168 valence electrons. The molecule has 2 aromatic rings. The van der Waals surface area contributed by atoms with Crippen molar-refractivity contribution in [3.05, 3.63) is 70.8 Å². The lowest BCUT2D eigenvalue weighted by Crippen LogP contribution is -3.00. The largest absolute Gasteiger partial charge is 1.00 e. The molecule has 3 saturated heterocycles. The first-order valence-electron chi connectivity index (χ1n) is 10.4. The summed E-state index contributed by atoms with van der Waals surface area (Å²) in [5, 5.41) is 5.66.